The number of Topliss-reactive ketones (excluding diaryl/α,β-unsaturated/α-hetero) is 1. The fourth-order valence-electron chi connectivity index (χ4n) is 1.11. The third-order valence-corrected chi connectivity index (χ3v) is 1.87. The number of nitrogens with zero attached hydrogens (tertiary/aromatic N) is 1. The zero-order valence-electron chi connectivity index (χ0n) is 6.46. The summed E-state index contributed by atoms with van der Waals surface area (Å²) in [7, 11) is 1.95. The lowest BCUT2D eigenvalue weighted by molar-refractivity contribution is -0.126. The van der Waals surface area contributed by atoms with Gasteiger partial charge in [-0.1, -0.05) is 0 Å². The fraction of sp³-hybridized carbons (Fsp3) is 0.857. The Morgan fingerprint density at radius 3 is 2.80 bits per heavy atom. The average molecular weight is 143 g/mol. The van der Waals surface area contributed by atoms with E-state index in [2.05, 4.69) is 0 Å². The standard InChI is InChI=1S/C7H13NO2/c1-6(9)7-5-10-4-3-8(7)2/h7H,3-5H2,1-2H3/t7-/m0/s1. The van der Waals surface area contributed by atoms with Crippen molar-refractivity contribution in [2.45, 2.75) is 13.0 Å². The molecule has 0 N–H and O–H groups in total. The molecule has 10 heavy (non-hydrogen) atoms. The van der Waals surface area contributed by atoms with E-state index in [0.717, 1.165) is 13.2 Å². The second-order valence-electron chi connectivity index (χ2n) is 2.68. The van der Waals surface area contributed by atoms with Crippen LogP contribution in [-0.4, -0.2) is 43.5 Å². The second-order valence-corrected chi connectivity index (χ2v) is 2.68. The molecule has 1 aliphatic heterocycles. The highest BCUT2D eigenvalue weighted by molar-refractivity contribution is 5.81. The number of likely N-dealkylation sites (N-methyl/N-ethyl adjacent to an activating group) is 1. The van der Waals surface area contributed by atoms with Crippen LogP contribution in [0.3, 0.4) is 0 Å². The van der Waals surface area contributed by atoms with Crippen molar-refractivity contribution in [2.75, 3.05) is 26.8 Å². The van der Waals surface area contributed by atoms with Crippen LogP contribution in [0.15, 0.2) is 0 Å². The van der Waals surface area contributed by atoms with Gasteiger partial charge in [0.15, 0.2) is 0 Å². The number of carbonyl (C=O) groups is 1. The molecule has 58 valence electrons. The maximum Gasteiger partial charge on any atom is 0.149 e. The number of ketones is 1. The van der Waals surface area contributed by atoms with Gasteiger partial charge in [-0.25, -0.2) is 0 Å². The van der Waals surface area contributed by atoms with Gasteiger partial charge < -0.3 is 4.74 Å². The van der Waals surface area contributed by atoms with E-state index < -0.39 is 0 Å². The zero-order valence-corrected chi connectivity index (χ0v) is 6.46. The average Bonchev–Trinajstić information content (AvgIpc) is 1.88. The molecule has 1 saturated heterocycles. The van der Waals surface area contributed by atoms with Crippen LogP contribution in [0.4, 0.5) is 0 Å². The molecular formula is C7H13NO2. The minimum Gasteiger partial charge on any atom is -0.378 e. The molecule has 3 heteroatoms. The van der Waals surface area contributed by atoms with Crippen molar-refractivity contribution < 1.29 is 9.53 Å². The predicted molar refractivity (Wildman–Crippen MR) is 37.9 cm³/mol. The zero-order chi connectivity index (χ0) is 7.56. The van der Waals surface area contributed by atoms with Gasteiger partial charge in [-0.05, 0) is 14.0 Å². The molecule has 0 amide bonds. The van der Waals surface area contributed by atoms with Gasteiger partial charge in [0.25, 0.3) is 0 Å². The molecule has 1 heterocycles. The van der Waals surface area contributed by atoms with E-state index in [0.29, 0.717) is 6.61 Å². The monoisotopic (exact) mass is 143 g/mol. The molecule has 0 unspecified atom stereocenters. The lowest BCUT2D eigenvalue weighted by Crippen LogP contribution is -2.46. The van der Waals surface area contributed by atoms with Crippen LogP contribution in [0.25, 0.3) is 0 Å². The Bertz CT molecular complexity index is 136. The maximum absolute atomic E-state index is 10.9. The third-order valence-electron chi connectivity index (χ3n) is 1.87. The van der Waals surface area contributed by atoms with E-state index in [1.165, 1.54) is 0 Å². The molecule has 0 aromatic rings. The molecule has 0 aromatic heterocycles. The highest BCUT2D eigenvalue weighted by atomic mass is 16.5. The fourth-order valence-corrected chi connectivity index (χ4v) is 1.11. The van der Waals surface area contributed by atoms with Gasteiger partial charge >= 0.3 is 0 Å². The molecule has 0 saturated carbocycles. The van der Waals surface area contributed by atoms with Crippen molar-refractivity contribution in [1.82, 2.24) is 4.90 Å². The van der Waals surface area contributed by atoms with Gasteiger partial charge in [-0.2, -0.15) is 0 Å². The Kier molecular flexibility index (Phi) is 2.40. The summed E-state index contributed by atoms with van der Waals surface area (Å²) in [5.41, 5.74) is 0. The number of carbonyl (C=O) groups excluding carboxylic acids is 1. The molecule has 0 aliphatic carbocycles. The van der Waals surface area contributed by atoms with Crippen LogP contribution < -0.4 is 0 Å². The molecular weight excluding hydrogens is 130 g/mol. The van der Waals surface area contributed by atoms with E-state index in [1.807, 2.05) is 11.9 Å². The van der Waals surface area contributed by atoms with Crippen LogP contribution in [0.5, 0.6) is 0 Å². The van der Waals surface area contributed by atoms with Crippen LogP contribution >= 0.6 is 0 Å². The molecule has 1 atom stereocenters. The first kappa shape index (κ1) is 7.69. The van der Waals surface area contributed by atoms with Crippen molar-refractivity contribution in [1.29, 1.82) is 0 Å². The van der Waals surface area contributed by atoms with E-state index in [-0.39, 0.29) is 11.8 Å². The Labute approximate surface area is 61.0 Å². The Balaban J connectivity index is 2.47. The lowest BCUT2D eigenvalue weighted by atomic mass is 10.2. The first-order valence-corrected chi connectivity index (χ1v) is 3.50. The summed E-state index contributed by atoms with van der Waals surface area (Å²) in [5, 5.41) is 0. The van der Waals surface area contributed by atoms with Crippen molar-refractivity contribution >= 4 is 5.78 Å². The van der Waals surface area contributed by atoms with Crippen LogP contribution in [0.1, 0.15) is 6.92 Å². The lowest BCUT2D eigenvalue weighted by Gasteiger charge is -2.30. The SMILES string of the molecule is CC(=O)[C@@H]1COCCN1C. The summed E-state index contributed by atoms with van der Waals surface area (Å²) >= 11 is 0. The highest BCUT2D eigenvalue weighted by Gasteiger charge is 2.22. The van der Waals surface area contributed by atoms with Crippen molar-refractivity contribution in [3.05, 3.63) is 0 Å². The minimum absolute atomic E-state index is 0.00579. The van der Waals surface area contributed by atoms with Crippen molar-refractivity contribution in [3.63, 3.8) is 0 Å². The molecule has 0 spiro atoms. The van der Waals surface area contributed by atoms with Crippen LogP contribution in [0, 0.1) is 0 Å². The summed E-state index contributed by atoms with van der Waals surface area (Å²) in [6.07, 6.45) is 0. The van der Waals surface area contributed by atoms with Gasteiger partial charge in [0.2, 0.25) is 0 Å². The molecule has 1 aliphatic rings. The summed E-state index contributed by atoms with van der Waals surface area (Å²) in [4.78, 5) is 12.9. The Hall–Kier alpha value is -0.410. The topological polar surface area (TPSA) is 29.5 Å². The number of morpholine rings is 1. The van der Waals surface area contributed by atoms with E-state index in [4.69, 9.17) is 4.74 Å². The molecule has 0 radical (unpaired) electrons. The van der Waals surface area contributed by atoms with Crippen LogP contribution in [0.2, 0.25) is 0 Å². The smallest absolute Gasteiger partial charge is 0.149 e. The summed E-state index contributed by atoms with van der Waals surface area (Å²) < 4.78 is 5.15. The van der Waals surface area contributed by atoms with Gasteiger partial charge in [0, 0.05) is 6.54 Å². The van der Waals surface area contributed by atoms with Crippen LogP contribution in [-0.2, 0) is 9.53 Å². The van der Waals surface area contributed by atoms with E-state index in [9.17, 15) is 4.79 Å². The summed E-state index contributed by atoms with van der Waals surface area (Å²) in [5.74, 6) is 0.196. The Morgan fingerprint density at radius 2 is 2.40 bits per heavy atom. The van der Waals surface area contributed by atoms with Gasteiger partial charge in [0.1, 0.15) is 5.78 Å². The Morgan fingerprint density at radius 1 is 1.70 bits per heavy atom. The quantitative estimate of drug-likeness (QED) is 0.513. The second kappa shape index (κ2) is 3.12. The molecule has 1 rings (SSSR count). The molecule has 1 fully saturated rings. The van der Waals surface area contributed by atoms with Crippen molar-refractivity contribution in [2.24, 2.45) is 0 Å². The van der Waals surface area contributed by atoms with Gasteiger partial charge in [-0.3, -0.25) is 9.69 Å². The first-order valence-electron chi connectivity index (χ1n) is 3.50. The summed E-state index contributed by atoms with van der Waals surface area (Å²) in [6, 6.07) is -0.00579. The highest BCUT2D eigenvalue weighted by Crippen LogP contribution is 2.03. The number of hydrogen-bond acceptors (Lipinski definition) is 3. The number of hydrogen-bond donors (Lipinski definition) is 0. The largest absolute Gasteiger partial charge is 0.378 e. The number of ether oxygens (including phenoxy) is 1. The minimum atomic E-state index is -0.00579. The van der Waals surface area contributed by atoms with Gasteiger partial charge in [0.05, 0.1) is 19.3 Å². The van der Waals surface area contributed by atoms with Crippen molar-refractivity contribution in [3.8, 4) is 0 Å². The molecule has 0 bridgehead atoms. The first-order chi connectivity index (χ1) is 4.72. The molecule has 0 aromatic carbocycles. The third kappa shape index (κ3) is 1.55. The van der Waals surface area contributed by atoms with E-state index >= 15 is 0 Å². The molecule has 3 nitrogen and oxygen atoms in total. The normalized spacial score (nSPS) is 28.4. The van der Waals surface area contributed by atoms with E-state index in [1.54, 1.807) is 6.92 Å². The predicted octanol–water partition coefficient (Wildman–Crippen LogP) is -0.0940. The summed E-state index contributed by atoms with van der Waals surface area (Å²) in [6.45, 7) is 3.78. The van der Waals surface area contributed by atoms with Gasteiger partial charge in [-0.15, -0.1) is 0 Å². The number of rotatable bonds is 1. The maximum atomic E-state index is 10.9.